The van der Waals surface area contributed by atoms with Crippen LogP contribution in [0.25, 0.3) is 10.2 Å². The van der Waals surface area contributed by atoms with Gasteiger partial charge in [-0.15, -0.1) is 11.3 Å². The molecule has 0 bridgehead atoms. The zero-order chi connectivity index (χ0) is 19.1. The van der Waals surface area contributed by atoms with Crippen molar-refractivity contribution in [1.82, 2.24) is 9.88 Å². The number of thiazole rings is 1. The Kier molecular flexibility index (Phi) is 4.73. The lowest BCUT2D eigenvalue weighted by Gasteiger charge is -2.35. The number of hydrogen-bond acceptors (Lipinski definition) is 4. The number of fused-ring (bicyclic) bond motifs is 2. The van der Waals surface area contributed by atoms with Crippen LogP contribution in [-0.4, -0.2) is 35.5 Å². The van der Waals surface area contributed by atoms with Gasteiger partial charge in [0.1, 0.15) is 12.4 Å². The van der Waals surface area contributed by atoms with Crippen LogP contribution in [0.2, 0.25) is 5.02 Å². The van der Waals surface area contributed by atoms with Crippen LogP contribution in [0.3, 0.4) is 0 Å². The molecule has 1 saturated heterocycles. The van der Waals surface area contributed by atoms with Gasteiger partial charge < -0.3 is 9.64 Å². The van der Waals surface area contributed by atoms with Crippen molar-refractivity contribution >= 4 is 39.1 Å². The summed E-state index contributed by atoms with van der Waals surface area (Å²) in [6.07, 6.45) is 2.65. The molecule has 4 nitrogen and oxygen atoms in total. The monoisotopic (exact) mass is 412 g/mol. The van der Waals surface area contributed by atoms with E-state index >= 15 is 0 Å². The Balaban J connectivity index is 1.23. The summed E-state index contributed by atoms with van der Waals surface area (Å²) in [5.41, 5.74) is 2.11. The Morgan fingerprint density at radius 2 is 2.00 bits per heavy atom. The molecule has 28 heavy (non-hydrogen) atoms. The first-order valence-electron chi connectivity index (χ1n) is 9.73. The predicted molar refractivity (Wildman–Crippen MR) is 112 cm³/mol. The molecule has 0 N–H and O–H groups in total. The van der Waals surface area contributed by atoms with Crippen LogP contribution in [0, 0.1) is 5.92 Å². The first kappa shape index (κ1) is 18.0. The number of nitrogens with zero attached hydrogens (tertiary/aromatic N) is 2. The van der Waals surface area contributed by atoms with Crippen molar-refractivity contribution in [3.05, 3.63) is 58.1 Å². The summed E-state index contributed by atoms with van der Waals surface area (Å²) in [4.78, 5) is 19.9. The third-order valence-electron chi connectivity index (χ3n) is 5.74. The molecule has 1 aromatic heterocycles. The minimum absolute atomic E-state index is 0.120. The molecular formula is C22H21ClN2O2S. The van der Waals surface area contributed by atoms with Crippen LogP contribution in [0.15, 0.2) is 42.5 Å². The van der Waals surface area contributed by atoms with Crippen molar-refractivity contribution in [2.24, 2.45) is 5.92 Å². The Bertz CT molecular complexity index is 993. The third kappa shape index (κ3) is 3.38. The van der Waals surface area contributed by atoms with Crippen molar-refractivity contribution in [3.63, 3.8) is 0 Å². The fraction of sp³-hybridized carbons (Fsp3) is 0.364. The van der Waals surface area contributed by atoms with Gasteiger partial charge in [0.2, 0.25) is 5.91 Å². The average Bonchev–Trinajstić information content (AvgIpc) is 3.17. The molecule has 2 aliphatic rings. The van der Waals surface area contributed by atoms with Gasteiger partial charge in [-0.3, -0.25) is 4.79 Å². The third-order valence-corrected chi connectivity index (χ3v) is 7.18. The van der Waals surface area contributed by atoms with Crippen LogP contribution in [0.5, 0.6) is 5.75 Å². The summed E-state index contributed by atoms with van der Waals surface area (Å²) >= 11 is 7.89. The highest BCUT2D eigenvalue weighted by atomic mass is 35.5. The molecule has 3 aromatic rings. The molecule has 0 spiro atoms. The number of hydrogen-bond donors (Lipinski definition) is 0. The number of carbonyl (C=O) groups is 1. The normalized spacial score (nSPS) is 20.0. The Morgan fingerprint density at radius 3 is 2.82 bits per heavy atom. The average molecular weight is 413 g/mol. The maximum absolute atomic E-state index is 13.0. The van der Waals surface area contributed by atoms with Gasteiger partial charge in [0.05, 0.1) is 21.1 Å². The van der Waals surface area contributed by atoms with Gasteiger partial charge in [-0.05, 0) is 55.2 Å². The summed E-state index contributed by atoms with van der Waals surface area (Å²) in [7, 11) is 0. The molecule has 3 heterocycles. The molecule has 0 saturated carbocycles. The lowest BCUT2D eigenvalue weighted by Crippen LogP contribution is -2.44. The van der Waals surface area contributed by atoms with E-state index in [2.05, 4.69) is 18.2 Å². The molecule has 144 valence electrons. The highest BCUT2D eigenvalue weighted by molar-refractivity contribution is 7.18. The molecule has 0 unspecified atom stereocenters. The van der Waals surface area contributed by atoms with Crippen LogP contribution in [0.1, 0.15) is 29.3 Å². The number of amides is 1. The highest BCUT2D eigenvalue weighted by Crippen LogP contribution is 2.35. The number of aromatic nitrogens is 1. The van der Waals surface area contributed by atoms with Gasteiger partial charge in [-0.25, -0.2) is 4.98 Å². The summed E-state index contributed by atoms with van der Waals surface area (Å²) in [6, 6.07) is 13.9. The van der Waals surface area contributed by atoms with E-state index in [-0.39, 0.29) is 11.8 Å². The van der Waals surface area contributed by atoms with Crippen molar-refractivity contribution in [2.75, 3.05) is 19.7 Å². The summed E-state index contributed by atoms with van der Waals surface area (Å²) < 4.78 is 7.06. The number of halogens is 1. The summed E-state index contributed by atoms with van der Waals surface area (Å²) in [5, 5.41) is 1.89. The van der Waals surface area contributed by atoms with E-state index in [1.165, 1.54) is 9.71 Å². The van der Waals surface area contributed by atoms with Gasteiger partial charge in [0.25, 0.3) is 0 Å². The number of piperidine rings is 1. The molecule has 1 fully saturated rings. The number of para-hydroxylation sites is 1. The minimum atomic E-state index is -0.120. The molecular weight excluding hydrogens is 392 g/mol. The number of ether oxygens (including phenoxy) is 1. The van der Waals surface area contributed by atoms with E-state index < -0.39 is 0 Å². The second-order valence-corrected chi connectivity index (χ2v) is 9.08. The van der Waals surface area contributed by atoms with Gasteiger partial charge in [0, 0.05) is 24.0 Å². The molecule has 5 rings (SSSR count). The first-order valence-corrected chi connectivity index (χ1v) is 10.9. The fourth-order valence-corrected chi connectivity index (χ4v) is 5.52. The minimum Gasteiger partial charge on any atom is -0.492 e. The van der Waals surface area contributed by atoms with E-state index in [0.29, 0.717) is 24.0 Å². The van der Waals surface area contributed by atoms with Gasteiger partial charge >= 0.3 is 0 Å². The van der Waals surface area contributed by atoms with E-state index in [0.717, 1.165) is 42.8 Å². The van der Waals surface area contributed by atoms with E-state index in [9.17, 15) is 4.79 Å². The summed E-state index contributed by atoms with van der Waals surface area (Å²) in [5.74, 6) is 1.38. The second kappa shape index (κ2) is 7.37. The SMILES string of the molecule is O=C([C@@H]1COc2ccc(Cl)cc2C1)N1CCC(c2nc3ccccc3s2)CC1. The van der Waals surface area contributed by atoms with Crippen LogP contribution >= 0.6 is 22.9 Å². The van der Waals surface area contributed by atoms with Crippen molar-refractivity contribution in [1.29, 1.82) is 0 Å². The van der Waals surface area contributed by atoms with Crippen molar-refractivity contribution in [3.8, 4) is 5.75 Å². The quantitative estimate of drug-likeness (QED) is 0.600. The molecule has 2 aromatic carbocycles. The number of likely N-dealkylation sites (tertiary alicyclic amines) is 1. The van der Waals surface area contributed by atoms with Crippen molar-refractivity contribution < 1.29 is 9.53 Å². The number of rotatable bonds is 2. The topological polar surface area (TPSA) is 42.4 Å². The lowest BCUT2D eigenvalue weighted by molar-refractivity contribution is -0.138. The summed E-state index contributed by atoms with van der Waals surface area (Å²) in [6.45, 7) is 2.03. The molecule has 2 aliphatic heterocycles. The highest BCUT2D eigenvalue weighted by Gasteiger charge is 2.32. The molecule has 0 radical (unpaired) electrons. The maximum atomic E-state index is 13.0. The standard InChI is InChI=1S/C22H21ClN2O2S/c23-17-5-6-19-15(12-17)11-16(13-27-19)22(26)25-9-7-14(8-10-25)21-24-18-3-1-2-4-20(18)28-21/h1-6,12,14,16H,7-11,13H2/t16-/m0/s1. The lowest BCUT2D eigenvalue weighted by atomic mass is 9.92. The smallest absolute Gasteiger partial charge is 0.229 e. The van der Waals surface area contributed by atoms with Gasteiger partial charge in [0.15, 0.2) is 0 Å². The Morgan fingerprint density at radius 1 is 1.18 bits per heavy atom. The zero-order valence-electron chi connectivity index (χ0n) is 15.4. The predicted octanol–water partition coefficient (Wildman–Crippen LogP) is 4.91. The molecule has 0 aliphatic carbocycles. The van der Waals surface area contributed by atoms with Gasteiger partial charge in [-0.1, -0.05) is 23.7 Å². The van der Waals surface area contributed by atoms with E-state index in [4.69, 9.17) is 21.3 Å². The molecule has 1 amide bonds. The number of carbonyl (C=O) groups excluding carboxylic acids is 1. The first-order chi connectivity index (χ1) is 13.7. The van der Waals surface area contributed by atoms with E-state index in [1.54, 1.807) is 11.3 Å². The van der Waals surface area contributed by atoms with Crippen LogP contribution in [-0.2, 0) is 11.2 Å². The molecule has 1 atom stereocenters. The second-order valence-electron chi connectivity index (χ2n) is 7.58. The zero-order valence-corrected chi connectivity index (χ0v) is 17.0. The largest absolute Gasteiger partial charge is 0.492 e. The Labute approximate surface area is 173 Å². The van der Waals surface area contributed by atoms with Crippen molar-refractivity contribution in [2.45, 2.75) is 25.2 Å². The van der Waals surface area contributed by atoms with Crippen LogP contribution in [0.4, 0.5) is 0 Å². The van der Waals surface area contributed by atoms with Gasteiger partial charge in [-0.2, -0.15) is 0 Å². The van der Waals surface area contributed by atoms with Crippen LogP contribution < -0.4 is 4.74 Å². The Hall–Kier alpha value is -2.11. The number of benzene rings is 2. The van der Waals surface area contributed by atoms with E-state index in [1.807, 2.05) is 29.2 Å². The molecule has 6 heteroatoms. The maximum Gasteiger partial charge on any atom is 0.229 e. The fourth-order valence-electron chi connectivity index (χ4n) is 4.19.